The number of pyridine rings is 1. The van der Waals surface area contributed by atoms with Crippen molar-refractivity contribution >= 4 is 67.2 Å². The molecule has 0 bridgehead atoms. The predicted octanol–water partition coefficient (Wildman–Crippen LogP) is -1.56. The molecule has 0 saturated carbocycles. The molecule has 20 nitrogen and oxygen atoms in total. The van der Waals surface area contributed by atoms with E-state index in [-0.39, 0.29) is 33.5 Å². The van der Waals surface area contributed by atoms with Gasteiger partial charge in [-0.3, -0.25) is 23.7 Å². The van der Waals surface area contributed by atoms with Crippen LogP contribution in [0, 0.1) is 0 Å². The van der Waals surface area contributed by atoms with Gasteiger partial charge in [-0.1, -0.05) is 5.16 Å². The normalized spacial score (nSPS) is 17.2. The number of nitrogens with zero attached hydrogens (tertiary/aromatic N) is 3. The van der Waals surface area contributed by atoms with Gasteiger partial charge in [0.1, 0.15) is 11.7 Å². The van der Waals surface area contributed by atoms with Crippen molar-refractivity contribution in [2.24, 2.45) is 5.16 Å². The SMILES string of the molecule is CC(C)(ON=C(C(=O)NC1C(=O)N(S(=O)O)C1CNC(=O)c1ccc(S(=O)(=O)NCc2cc(=O)c(O)c[nH]2)cc1)c1csc(N)n1)C(=O)O. The summed E-state index contributed by atoms with van der Waals surface area (Å²) in [5.74, 6) is -4.77. The van der Waals surface area contributed by atoms with Crippen LogP contribution in [0.5, 0.6) is 5.75 Å². The number of carbonyl (C=O) groups is 4. The van der Waals surface area contributed by atoms with Gasteiger partial charge in [0.2, 0.25) is 21.1 Å². The van der Waals surface area contributed by atoms with Crippen LogP contribution in [0.3, 0.4) is 0 Å². The number of carboxylic acid groups (broad SMARTS) is 1. The number of sulfonamides is 1. The van der Waals surface area contributed by atoms with Crippen molar-refractivity contribution in [1.29, 1.82) is 0 Å². The summed E-state index contributed by atoms with van der Waals surface area (Å²) in [5.41, 5.74) is 2.55. The van der Waals surface area contributed by atoms with Gasteiger partial charge in [-0.15, -0.1) is 11.3 Å². The van der Waals surface area contributed by atoms with E-state index in [4.69, 9.17) is 10.6 Å². The van der Waals surface area contributed by atoms with Crippen molar-refractivity contribution in [2.45, 2.75) is 43.0 Å². The third-order valence-electron chi connectivity index (χ3n) is 6.79. The van der Waals surface area contributed by atoms with Gasteiger partial charge >= 0.3 is 5.97 Å². The molecule has 3 amide bonds. The van der Waals surface area contributed by atoms with Gasteiger partial charge < -0.3 is 36.4 Å². The Balaban J connectivity index is 1.43. The van der Waals surface area contributed by atoms with E-state index in [9.17, 15) is 51.4 Å². The fourth-order valence-electron chi connectivity index (χ4n) is 4.03. The summed E-state index contributed by atoms with van der Waals surface area (Å²) < 4.78 is 49.6. The Morgan fingerprint density at radius 1 is 1.22 bits per heavy atom. The van der Waals surface area contributed by atoms with Crippen molar-refractivity contribution in [3.8, 4) is 5.75 Å². The average molecular weight is 741 g/mol. The lowest BCUT2D eigenvalue weighted by molar-refractivity contribution is -0.161. The van der Waals surface area contributed by atoms with Gasteiger partial charge in [-0.2, -0.15) is 0 Å². The first kappa shape index (κ1) is 36.6. The van der Waals surface area contributed by atoms with Gasteiger partial charge in [-0.25, -0.2) is 31.4 Å². The van der Waals surface area contributed by atoms with E-state index in [0.717, 1.165) is 35.7 Å². The summed E-state index contributed by atoms with van der Waals surface area (Å²) in [5, 5.41) is 28.4. The largest absolute Gasteiger partial charge is 0.503 e. The van der Waals surface area contributed by atoms with Crippen molar-refractivity contribution in [3.63, 3.8) is 0 Å². The number of nitrogen functional groups attached to an aromatic ring is 1. The number of nitrogens with one attached hydrogen (secondary N) is 4. The number of nitrogens with two attached hydrogens (primary N) is 1. The number of β-lactam (4-membered cyclic amide) rings is 1. The lowest BCUT2D eigenvalue weighted by Gasteiger charge is -2.44. The number of aromatic nitrogens is 2. The smallest absolute Gasteiger partial charge is 0.350 e. The second-order valence-corrected chi connectivity index (χ2v) is 14.1. The number of aromatic amines is 1. The molecule has 49 heavy (non-hydrogen) atoms. The van der Waals surface area contributed by atoms with Crippen LogP contribution >= 0.6 is 11.3 Å². The van der Waals surface area contributed by atoms with Crippen LogP contribution in [0.1, 0.15) is 35.6 Å². The molecule has 1 saturated heterocycles. The van der Waals surface area contributed by atoms with E-state index in [2.05, 4.69) is 30.5 Å². The molecule has 262 valence electrons. The number of carboxylic acids is 1. The Morgan fingerprint density at radius 3 is 2.47 bits per heavy atom. The summed E-state index contributed by atoms with van der Waals surface area (Å²) in [4.78, 5) is 73.1. The van der Waals surface area contributed by atoms with Crippen LogP contribution in [-0.4, -0.2) is 95.3 Å². The van der Waals surface area contributed by atoms with E-state index >= 15 is 0 Å². The van der Waals surface area contributed by atoms with Crippen molar-refractivity contribution in [3.05, 3.63) is 69.1 Å². The monoisotopic (exact) mass is 740 g/mol. The van der Waals surface area contributed by atoms with Crippen LogP contribution in [0.25, 0.3) is 0 Å². The number of benzene rings is 1. The summed E-state index contributed by atoms with van der Waals surface area (Å²) in [7, 11) is -4.10. The van der Waals surface area contributed by atoms with Crippen LogP contribution in [0.2, 0.25) is 0 Å². The quantitative estimate of drug-likeness (QED) is 0.0402. The van der Waals surface area contributed by atoms with E-state index in [0.29, 0.717) is 4.31 Å². The van der Waals surface area contributed by atoms with Crippen molar-refractivity contribution < 1.29 is 51.4 Å². The summed E-state index contributed by atoms with van der Waals surface area (Å²) >= 11 is -1.92. The molecule has 1 fully saturated rings. The molecular weight excluding hydrogens is 713 g/mol. The highest BCUT2D eigenvalue weighted by molar-refractivity contribution is 7.89. The topological polar surface area (TPSA) is 313 Å². The second-order valence-electron chi connectivity index (χ2n) is 10.6. The third kappa shape index (κ3) is 8.44. The molecular formula is C26H28N8O12S3. The Hall–Kier alpha value is -5.23. The van der Waals surface area contributed by atoms with Crippen molar-refractivity contribution in [2.75, 3.05) is 12.3 Å². The Bertz CT molecular complexity index is 2010. The third-order valence-corrected chi connectivity index (χ3v) is 9.67. The number of rotatable bonds is 14. The van der Waals surface area contributed by atoms with Crippen LogP contribution in [0.15, 0.2) is 56.8 Å². The van der Waals surface area contributed by atoms with E-state index < -0.39 is 86.1 Å². The summed E-state index contributed by atoms with van der Waals surface area (Å²) in [6.07, 6.45) is 1.01. The summed E-state index contributed by atoms with van der Waals surface area (Å²) in [6.45, 7) is 1.57. The molecule has 0 aliphatic carbocycles. The maximum Gasteiger partial charge on any atom is 0.350 e. The number of oxime groups is 1. The zero-order chi connectivity index (χ0) is 36.3. The highest BCUT2D eigenvalue weighted by atomic mass is 32.2. The number of amides is 3. The standard InChI is InChI=1S/C26H28N8O12S3/c1-26(2,24(40)41)46-33-19(15-11-47-25(27)31-15)22(38)32-20-16(34(23(20)39)48(42)43)9-29-21(37)12-3-5-14(6-4-12)49(44,45)30-8-13-7-17(35)18(36)10-28-13/h3-7,10-11,16,20,30,36H,8-9H2,1-2H3,(H2,27,31)(H,28,35)(H,29,37)(H,32,38)(H,40,41)(H,42,43). The zero-order valence-corrected chi connectivity index (χ0v) is 27.7. The number of aliphatic carboxylic acids is 1. The van der Waals surface area contributed by atoms with Crippen LogP contribution in [0.4, 0.5) is 5.13 Å². The van der Waals surface area contributed by atoms with Gasteiger partial charge in [0.05, 0.1) is 17.5 Å². The molecule has 1 aromatic carbocycles. The minimum atomic E-state index is -4.10. The molecule has 0 radical (unpaired) electrons. The number of anilines is 1. The maximum absolute atomic E-state index is 13.2. The van der Waals surface area contributed by atoms with Crippen LogP contribution < -0.4 is 26.5 Å². The number of carbonyl (C=O) groups excluding carboxylic acids is 3. The molecule has 3 atom stereocenters. The van der Waals surface area contributed by atoms with Gasteiger partial charge in [0.15, 0.2) is 16.6 Å². The van der Waals surface area contributed by atoms with Gasteiger partial charge in [-0.05, 0) is 38.1 Å². The summed E-state index contributed by atoms with van der Waals surface area (Å²) in [6, 6.07) is 2.93. The Kier molecular flexibility index (Phi) is 10.8. The molecule has 3 unspecified atom stereocenters. The van der Waals surface area contributed by atoms with E-state index in [1.54, 1.807) is 0 Å². The molecule has 9 N–H and O–H groups in total. The number of H-pyrrole nitrogens is 1. The number of thiazole rings is 1. The lowest BCUT2D eigenvalue weighted by atomic mass is 9.98. The molecule has 2 aromatic heterocycles. The second kappa shape index (κ2) is 14.5. The fourth-order valence-corrected chi connectivity index (χ4v) is 6.28. The number of aromatic hydroxyl groups is 1. The Morgan fingerprint density at radius 2 is 1.90 bits per heavy atom. The van der Waals surface area contributed by atoms with Crippen molar-refractivity contribution in [1.82, 2.24) is 29.6 Å². The molecule has 3 heterocycles. The lowest BCUT2D eigenvalue weighted by Crippen LogP contribution is -2.73. The average Bonchev–Trinajstić information content (AvgIpc) is 3.47. The van der Waals surface area contributed by atoms with Gasteiger partial charge in [0.25, 0.3) is 29.0 Å². The molecule has 1 aliphatic heterocycles. The molecule has 3 aromatic rings. The zero-order valence-electron chi connectivity index (χ0n) is 25.3. The fraction of sp³-hybridized carbons (Fsp3) is 0.269. The van der Waals surface area contributed by atoms with E-state index in [1.165, 1.54) is 31.4 Å². The minimum absolute atomic E-state index is 0.0292. The Labute approximate surface area is 282 Å². The molecule has 0 spiro atoms. The highest BCUT2D eigenvalue weighted by Gasteiger charge is 2.51. The first-order valence-corrected chi connectivity index (χ1v) is 17.1. The van der Waals surface area contributed by atoms with Crippen LogP contribution in [-0.2, 0) is 47.1 Å². The maximum atomic E-state index is 13.2. The molecule has 23 heteroatoms. The van der Waals surface area contributed by atoms with Gasteiger partial charge in [0, 0.05) is 35.4 Å². The molecule has 1 aliphatic rings. The van der Waals surface area contributed by atoms with E-state index in [1.807, 2.05) is 0 Å². The number of hydrogen-bond acceptors (Lipinski definition) is 14. The highest BCUT2D eigenvalue weighted by Crippen LogP contribution is 2.23. The first-order chi connectivity index (χ1) is 22.9. The predicted molar refractivity (Wildman–Crippen MR) is 171 cm³/mol. The minimum Gasteiger partial charge on any atom is -0.503 e. The first-order valence-electron chi connectivity index (χ1n) is 13.7. The number of hydrogen-bond donors (Lipinski definition) is 8. The molecule has 4 rings (SSSR count).